The van der Waals surface area contributed by atoms with Crippen LogP contribution >= 0.6 is 0 Å². The molecule has 0 N–H and O–H groups in total. The molecule has 0 atom stereocenters. The van der Waals surface area contributed by atoms with Gasteiger partial charge in [-0.05, 0) is 91.9 Å². The van der Waals surface area contributed by atoms with Crippen LogP contribution in [0.1, 0.15) is 62.7 Å². The van der Waals surface area contributed by atoms with Crippen LogP contribution in [0, 0.1) is 20.8 Å². The minimum atomic E-state index is -0.478. The average molecular weight is 525 g/mol. The van der Waals surface area contributed by atoms with Crippen LogP contribution in [0.25, 0.3) is 0 Å². The van der Waals surface area contributed by atoms with Crippen LogP contribution < -0.4 is 18.8 Å². The maximum atomic E-state index is 12.8. The van der Waals surface area contributed by atoms with Gasteiger partial charge >= 0.3 is 11.9 Å². The summed E-state index contributed by atoms with van der Waals surface area (Å²) in [6.45, 7) is 11.2. The Balaban J connectivity index is 1.32. The molecular weight excluding hydrogens is 490 g/mol. The van der Waals surface area contributed by atoms with Gasteiger partial charge in [0.05, 0.1) is 11.1 Å². The highest BCUT2D eigenvalue weighted by Crippen LogP contribution is 2.30. The third-order valence-corrected chi connectivity index (χ3v) is 6.67. The van der Waals surface area contributed by atoms with Gasteiger partial charge in [0.25, 0.3) is 0 Å². The van der Waals surface area contributed by atoms with E-state index in [1.807, 2.05) is 32.9 Å². The Hall–Kier alpha value is -4.45. The summed E-state index contributed by atoms with van der Waals surface area (Å²) < 4.78 is 19.2. The van der Waals surface area contributed by atoms with Gasteiger partial charge in [-0.1, -0.05) is 31.5 Å². The highest BCUT2D eigenvalue weighted by Gasteiger charge is 2.16. The Morgan fingerprint density at radius 3 is 1.67 bits per heavy atom. The molecule has 4 aromatic rings. The van der Waals surface area contributed by atoms with Crippen molar-refractivity contribution in [2.75, 3.05) is 6.61 Å². The number of pyridine rings is 1. The number of carbonyl (C=O) groups is 2. The summed E-state index contributed by atoms with van der Waals surface area (Å²) in [5.41, 5.74) is 4.69. The average Bonchev–Trinajstić information content (AvgIpc) is 2.93. The third kappa shape index (κ3) is 7.11. The lowest BCUT2D eigenvalue weighted by atomic mass is 10.1. The molecule has 0 unspecified atom stereocenters. The van der Waals surface area contributed by atoms with Gasteiger partial charge in [-0.2, -0.15) is 0 Å². The molecule has 3 aromatic carbocycles. The molecule has 0 saturated heterocycles. The highest BCUT2D eigenvalue weighted by molar-refractivity contribution is 5.92. The standard InChI is InChI=1S/C33H34NO5/c1-22(2)26-16-18-34(19-17-26)20-21-37-29-12-10-28(11-13-29)33(36)39-31-15-14-30(24(4)25(31)5)38-32(35)27-8-6-23(3)7-9-27/h6-19,22H,20-21H2,1-5H3/q+1. The fourth-order valence-electron chi connectivity index (χ4n) is 3.96. The third-order valence-electron chi connectivity index (χ3n) is 6.67. The molecule has 0 aliphatic carbocycles. The first kappa shape index (κ1) is 27.6. The van der Waals surface area contributed by atoms with E-state index in [4.69, 9.17) is 14.2 Å². The number of aromatic nitrogens is 1. The molecule has 0 fully saturated rings. The maximum absolute atomic E-state index is 12.8. The van der Waals surface area contributed by atoms with Crippen LogP contribution in [-0.4, -0.2) is 18.5 Å². The summed E-state index contributed by atoms with van der Waals surface area (Å²) in [6, 6.07) is 21.6. The monoisotopic (exact) mass is 524 g/mol. The predicted octanol–water partition coefficient (Wildman–Crippen LogP) is 6.54. The number of rotatable bonds is 9. The fourth-order valence-corrected chi connectivity index (χ4v) is 3.96. The lowest BCUT2D eigenvalue weighted by molar-refractivity contribution is -0.697. The van der Waals surface area contributed by atoms with E-state index < -0.39 is 11.9 Å². The summed E-state index contributed by atoms with van der Waals surface area (Å²) in [4.78, 5) is 25.3. The first-order chi connectivity index (χ1) is 18.7. The molecule has 0 radical (unpaired) electrons. The quantitative estimate of drug-likeness (QED) is 0.141. The van der Waals surface area contributed by atoms with E-state index in [2.05, 4.69) is 42.9 Å². The van der Waals surface area contributed by atoms with Gasteiger partial charge in [0.2, 0.25) is 0 Å². The van der Waals surface area contributed by atoms with Gasteiger partial charge in [-0.15, -0.1) is 0 Å². The van der Waals surface area contributed by atoms with Crippen LogP contribution in [-0.2, 0) is 6.54 Å². The van der Waals surface area contributed by atoms with Gasteiger partial charge in [0, 0.05) is 12.1 Å². The molecule has 0 amide bonds. The van der Waals surface area contributed by atoms with Crippen molar-refractivity contribution in [2.45, 2.75) is 47.1 Å². The maximum Gasteiger partial charge on any atom is 0.343 e. The molecule has 4 rings (SSSR count). The van der Waals surface area contributed by atoms with Crippen molar-refractivity contribution in [2.24, 2.45) is 0 Å². The fraction of sp³-hybridized carbons (Fsp3) is 0.242. The van der Waals surface area contributed by atoms with Crippen LogP contribution in [0.4, 0.5) is 0 Å². The highest BCUT2D eigenvalue weighted by atomic mass is 16.5. The smallest absolute Gasteiger partial charge is 0.343 e. The summed E-state index contributed by atoms with van der Waals surface area (Å²) in [5.74, 6) is 1.10. The van der Waals surface area contributed by atoms with E-state index in [1.165, 1.54) is 5.56 Å². The van der Waals surface area contributed by atoms with E-state index >= 15 is 0 Å². The number of hydrogen-bond donors (Lipinski definition) is 0. The van der Waals surface area contributed by atoms with Gasteiger partial charge in [0.1, 0.15) is 23.9 Å². The number of hydrogen-bond acceptors (Lipinski definition) is 5. The number of benzene rings is 3. The van der Waals surface area contributed by atoms with Crippen LogP contribution in [0.5, 0.6) is 17.2 Å². The lowest BCUT2D eigenvalue weighted by Crippen LogP contribution is -2.35. The molecular formula is C33H34NO5+. The number of ether oxygens (including phenoxy) is 3. The van der Waals surface area contributed by atoms with Crippen molar-refractivity contribution < 1.29 is 28.4 Å². The zero-order valence-corrected chi connectivity index (χ0v) is 23.1. The van der Waals surface area contributed by atoms with Crippen molar-refractivity contribution in [3.63, 3.8) is 0 Å². The van der Waals surface area contributed by atoms with Gasteiger partial charge in [0.15, 0.2) is 18.9 Å². The van der Waals surface area contributed by atoms with Crippen LogP contribution in [0.15, 0.2) is 85.2 Å². The molecule has 200 valence electrons. The molecule has 1 heterocycles. The van der Waals surface area contributed by atoms with E-state index in [1.54, 1.807) is 48.5 Å². The number of esters is 2. The molecule has 0 bridgehead atoms. The molecule has 0 aliphatic rings. The molecule has 0 saturated carbocycles. The number of aryl methyl sites for hydroxylation is 1. The Kier molecular flexibility index (Phi) is 8.77. The van der Waals surface area contributed by atoms with Crippen LogP contribution in [0.2, 0.25) is 0 Å². The van der Waals surface area contributed by atoms with E-state index in [0.29, 0.717) is 40.9 Å². The largest absolute Gasteiger partial charge is 0.487 e. The van der Waals surface area contributed by atoms with Crippen molar-refractivity contribution in [3.8, 4) is 17.2 Å². The molecule has 0 aliphatic heterocycles. The SMILES string of the molecule is Cc1ccc(C(=O)Oc2ccc(OC(=O)c3ccc(OCC[n+]4ccc(C(C)C)cc4)cc3)c(C)c2C)cc1. The van der Waals surface area contributed by atoms with E-state index in [9.17, 15) is 9.59 Å². The molecule has 1 aromatic heterocycles. The van der Waals surface area contributed by atoms with Gasteiger partial charge in [-0.3, -0.25) is 0 Å². The summed E-state index contributed by atoms with van der Waals surface area (Å²) in [5, 5.41) is 0. The van der Waals surface area contributed by atoms with E-state index in [-0.39, 0.29) is 0 Å². The van der Waals surface area contributed by atoms with Crippen molar-refractivity contribution >= 4 is 11.9 Å². The van der Waals surface area contributed by atoms with Crippen molar-refractivity contribution in [1.29, 1.82) is 0 Å². The Labute approximate surface area is 229 Å². The Morgan fingerprint density at radius 1 is 0.692 bits per heavy atom. The Morgan fingerprint density at radius 2 is 1.18 bits per heavy atom. The normalized spacial score (nSPS) is 10.8. The molecule has 39 heavy (non-hydrogen) atoms. The second-order valence-corrected chi connectivity index (χ2v) is 9.85. The number of carbonyl (C=O) groups excluding carboxylic acids is 2. The molecule has 6 nitrogen and oxygen atoms in total. The molecule has 0 spiro atoms. The minimum Gasteiger partial charge on any atom is -0.487 e. The Bertz CT molecular complexity index is 1440. The second kappa shape index (κ2) is 12.4. The van der Waals surface area contributed by atoms with E-state index in [0.717, 1.165) is 23.2 Å². The summed E-state index contributed by atoms with van der Waals surface area (Å²) in [6.07, 6.45) is 4.12. The first-order valence-electron chi connectivity index (χ1n) is 13.0. The summed E-state index contributed by atoms with van der Waals surface area (Å²) in [7, 11) is 0. The molecule has 6 heteroatoms. The summed E-state index contributed by atoms with van der Waals surface area (Å²) >= 11 is 0. The van der Waals surface area contributed by atoms with Crippen molar-refractivity contribution in [1.82, 2.24) is 0 Å². The second-order valence-electron chi connectivity index (χ2n) is 9.85. The zero-order chi connectivity index (χ0) is 27.9. The predicted molar refractivity (Wildman–Crippen MR) is 150 cm³/mol. The van der Waals surface area contributed by atoms with Gasteiger partial charge < -0.3 is 14.2 Å². The number of nitrogens with zero attached hydrogens (tertiary/aromatic N) is 1. The minimum absolute atomic E-state index is 0.410. The zero-order valence-electron chi connectivity index (χ0n) is 23.1. The van der Waals surface area contributed by atoms with Crippen LogP contribution in [0.3, 0.4) is 0 Å². The first-order valence-corrected chi connectivity index (χ1v) is 13.0. The van der Waals surface area contributed by atoms with Gasteiger partial charge in [-0.25, -0.2) is 14.2 Å². The topological polar surface area (TPSA) is 65.7 Å². The van der Waals surface area contributed by atoms with Crippen molar-refractivity contribution in [3.05, 3.63) is 119 Å². The lowest BCUT2D eigenvalue weighted by Gasteiger charge is -2.14.